The molecule has 1 aromatic carbocycles. The Morgan fingerprint density at radius 1 is 1.36 bits per heavy atom. The molecule has 0 amide bonds. The van der Waals surface area contributed by atoms with E-state index >= 15 is 0 Å². The molecule has 0 aliphatic carbocycles. The summed E-state index contributed by atoms with van der Waals surface area (Å²) in [6.07, 6.45) is 1.84. The number of H-pyrrole nitrogens is 1. The zero-order chi connectivity index (χ0) is 9.97. The number of imidazole rings is 1. The molecule has 0 aliphatic rings. The van der Waals surface area contributed by atoms with Crippen LogP contribution in [0.1, 0.15) is 11.1 Å². The van der Waals surface area contributed by atoms with Crippen LogP contribution in [-0.2, 0) is 6.42 Å². The molecule has 0 fully saturated rings. The van der Waals surface area contributed by atoms with Gasteiger partial charge in [0.2, 0.25) is 0 Å². The highest BCUT2D eigenvalue weighted by atomic mass is 14.9. The second-order valence-corrected chi connectivity index (χ2v) is 2.88. The lowest BCUT2D eigenvalue weighted by Crippen LogP contribution is -1.87. The van der Waals surface area contributed by atoms with Gasteiger partial charge in [0, 0.05) is 0 Å². The number of nitrogens with zero attached hydrogens (tertiary/aromatic N) is 3. The molecule has 1 N–H and O–H groups in total. The first-order valence-corrected chi connectivity index (χ1v) is 4.08. The van der Waals surface area contributed by atoms with Crippen LogP contribution in [0.15, 0.2) is 18.5 Å². The number of hydrogen-bond donors (Lipinski definition) is 1. The molecular weight excluding hydrogens is 176 g/mol. The van der Waals surface area contributed by atoms with Crippen LogP contribution in [0, 0.1) is 22.7 Å². The van der Waals surface area contributed by atoms with Crippen molar-refractivity contribution in [2.75, 3.05) is 0 Å². The predicted octanol–water partition coefficient (Wildman–Crippen LogP) is 1.50. The van der Waals surface area contributed by atoms with Crippen molar-refractivity contribution in [1.29, 1.82) is 10.5 Å². The largest absolute Gasteiger partial charge is 0.345 e. The highest BCUT2D eigenvalue weighted by Gasteiger charge is 2.05. The van der Waals surface area contributed by atoms with Crippen molar-refractivity contribution in [3.63, 3.8) is 0 Å². The molecular formula is C10H6N4. The van der Waals surface area contributed by atoms with Gasteiger partial charge in [-0.3, -0.25) is 0 Å². The Labute approximate surface area is 80.4 Å². The number of rotatable bonds is 1. The summed E-state index contributed by atoms with van der Waals surface area (Å²) in [6, 6.07) is 7.53. The number of aromatic amines is 1. The van der Waals surface area contributed by atoms with Gasteiger partial charge in [0.25, 0.3) is 0 Å². The number of aromatic nitrogens is 2. The fourth-order valence-electron chi connectivity index (χ4n) is 1.41. The second kappa shape index (κ2) is 3.20. The molecule has 1 heterocycles. The Hall–Kier alpha value is -2.33. The molecule has 0 saturated heterocycles. The van der Waals surface area contributed by atoms with E-state index in [-0.39, 0.29) is 6.42 Å². The minimum atomic E-state index is 0.275. The molecule has 0 saturated carbocycles. The van der Waals surface area contributed by atoms with Crippen LogP contribution in [-0.4, -0.2) is 9.97 Å². The summed E-state index contributed by atoms with van der Waals surface area (Å²) in [5.74, 6) is 0. The van der Waals surface area contributed by atoms with Crippen LogP contribution in [0.25, 0.3) is 11.0 Å². The predicted molar refractivity (Wildman–Crippen MR) is 50.1 cm³/mol. The maximum absolute atomic E-state index is 8.76. The van der Waals surface area contributed by atoms with Gasteiger partial charge in [0.1, 0.15) is 0 Å². The van der Waals surface area contributed by atoms with Crippen LogP contribution >= 0.6 is 0 Å². The zero-order valence-electron chi connectivity index (χ0n) is 7.28. The Bertz CT molecular complexity index is 553. The summed E-state index contributed by atoms with van der Waals surface area (Å²) < 4.78 is 0. The molecule has 0 bridgehead atoms. The SMILES string of the molecule is N#CCc1cc(C#N)cc2[nH]cnc12. The normalized spacial score (nSPS) is 9.57. The number of nitriles is 2. The lowest BCUT2D eigenvalue weighted by Gasteiger charge is -1.97. The smallest absolute Gasteiger partial charge is 0.0992 e. The molecule has 4 heteroatoms. The van der Waals surface area contributed by atoms with E-state index in [1.54, 1.807) is 18.5 Å². The zero-order valence-corrected chi connectivity index (χ0v) is 7.28. The van der Waals surface area contributed by atoms with E-state index < -0.39 is 0 Å². The average Bonchev–Trinajstić information content (AvgIpc) is 2.66. The van der Waals surface area contributed by atoms with Crippen LogP contribution in [0.5, 0.6) is 0 Å². The van der Waals surface area contributed by atoms with E-state index in [2.05, 4.69) is 22.1 Å². The van der Waals surface area contributed by atoms with Crippen molar-refractivity contribution in [3.8, 4) is 12.1 Å². The summed E-state index contributed by atoms with van der Waals surface area (Å²) in [7, 11) is 0. The molecule has 4 nitrogen and oxygen atoms in total. The molecule has 1 aromatic heterocycles. The molecule has 0 unspecified atom stereocenters. The number of benzene rings is 1. The summed E-state index contributed by atoms with van der Waals surface area (Å²) >= 11 is 0. The Kier molecular flexibility index (Phi) is 1.89. The van der Waals surface area contributed by atoms with Gasteiger partial charge in [-0.05, 0) is 17.7 Å². The average molecular weight is 182 g/mol. The molecule has 0 atom stereocenters. The number of hydrogen-bond acceptors (Lipinski definition) is 3. The van der Waals surface area contributed by atoms with Crippen molar-refractivity contribution in [2.24, 2.45) is 0 Å². The third-order valence-electron chi connectivity index (χ3n) is 2.00. The topological polar surface area (TPSA) is 76.3 Å². The van der Waals surface area contributed by atoms with E-state index in [0.29, 0.717) is 5.56 Å². The first kappa shape index (κ1) is 8.28. The van der Waals surface area contributed by atoms with Crippen molar-refractivity contribution in [3.05, 3.63) is 29.6 Å². The quantitative estimate of drug-likeness (QED) is 0.726. The molecule has 2 rings (SSSR count). The third kappa shape index (κ3) is 1.19. The van der Waals surface area contributed by atoms with Gasteiger partial charge in [-0.1, -0.05) is 0 Å². The second-order valence-electron chi connectivity index (χ2n) is 2.88. The van der Waals surface area contributed by atoms with Crippen LogP contribution in [0.2, 0.25) is 0 Å². The highest BCUT2D eigenvalue weighted by molar-refractivity contribution is 5.80. The van der Waals surface area contributed by atoms with Gasteiger partial charge in [0.15, 0.2) is 0 Å². The molecule has 0 spiro atoms. The first-order valence-electron chi connectivity index (χ1n) is 4.08. The van der Waals surface area contributed by atoms with E-state index in [1.165, 1.54) is 0 Å². The van der Waals surface area contributed by atoms with E-state index in [4.69, 9.17) is 10.5 Å². The monoisotopic (exact) mass is 182 g/mol. The van der Waals surface area contributed by atoms with E-state index in [0.717, 1.165) is 16.6 Å². The summed E-state index contributed by atoms with van der Waals surface area (Å²) in [6.45, 7) is 0. The van der Waals surface area contributed by atoms with Gasteiger partial charge in [-0.2, -0.15) is 10.5 Å². The number of nitrogens with one attached hydrogen (secondary N) is 1. The van der Waals surface area contributed by atoms with Gasteiger partial charge in [-0.25, -0.2) is 4.98 Å². The Morgan fingerprint density at radius 3 is 2.93 bits per heavy atom. The summed E-state index contributed by atoms with van der Waals surface area (Å²) in [5.41, 5.74) is 2.91. The van der Waals surface area contributed by atoms with Crippen LogP contribution < -0.4 is 0 Å². The molecule has 0 radical (unpaired) electrons. The van der Waals surface area contributed by atoms with Gasteiger partial charge < -0.3 is 4.98 Å². The maximum atomic E-state index is 8.76. The first-order chi connectivity index (χ1) is 6.85. The van der Waals surface area contributed by atoms with Gasteiger partial charge in [0.05, 0.1) is 41.5 Å². The molecule has 66 valence electrons. The Balaban J connectivity index is 2.73. The van der Waals surface area contributed by atoms with Crippen molar-refractivity contribution in [2.45, 2.75) is 6.42 Å². The molecule has 0 aliphatic heterocycles. The fourth-order valence-corrected chi connectivity index (χ4v) is 1.41. The highest BCUT2D eigenvalue weighted by Crippen LogP contribution is 2.17. The lowest BCUT2D eigenvalue weighted by atomic mass is 10.1. The fraction of sp³-hybridized carbons (Fsp3) is 0.100. The van der Waals surface area contributed by atoms with Crippen molar-refractivity contribution < 1.29 is 0 Å². The van der Waals surface area contributed by atoms with Crippen LogP contribution in [0.3, 0.4) is 0 Å². The molecule has 14 heavy (non-hydrogen) atoms. The lowest BCUT2D eigenvalue weighted by molar-refractivity contribution is 1.26. The summed E-state index contributed by atoms with van der Waals surface area (Å²) in [4.78, 5) is 7.02. The third-order valence-corrected chi connectivity index (χ3v) is 2.00. The Morgan fingerprint density at radius 2 is 2.21 bits per heavy atom. The van der Waals surface area contributed by atoms with Gasteiger partial charge >= 0.3 is 0 Å². The van der Waals surface area contributed by atoms with Crippen LogP contribution in [0.4, 0.5) is 0 Å². The minimum absolute atomic E-state index is 0.275. The minimum Gasteiger partial charge on any atom is -0.345 e. The maximum Gasteiger partial charge on any atom is 0.0992 e. The molecule has 2 aromatic rings. The van der Waals surface area contributed by atoms with Crippen molar-refractivity contribution in [1.82, 2.24) is 9.97 Å². The number of fused-ring (bicyclic) bond motifs is 1. The summed E-state index contributed by atoms with van der Waals surface area (Å²) in [5, 5.41) is 17.4. The van der Waals surface area contributed by atoms with E-state index in [9.17, 15) is 0 Å². The van der Waals surface area contributed by atoms with E-state index in [1.807, 2.05) is 0 Å². The van der Waals surface area contributed by atoms with Crippen molar-refractivity contribution >= 4 is 11.0 Å². The standard InChI is InChI=1S/C10H6N4/c11-2-1-8-3-7(5-12)4-9-10(8)14-6-13-9/h3-4,6H,1H2,(H,13,14). The van der Waals surface area contributed by atoms with Gasteiger partial charge in [-0.15, -0.1) is 0 Å².